The van der Waals surface area contributed by atoms with Gasteiger partial charge in [-0.2, -0.15) is 5.10 Å². The average Bonchev–Trinajstić information content (AvgIpc) is 2.69. The van der Waals surface area contributed by atoms with Gasteiger partial charge in [0.05, 0.1) is 6.20 Å². The number of rotatable bonds is 4. The molecule has 0 saturated carbocycles. The van der Waals surface area contributed by atoms with Crippen LogP contribution >= 0.6 is 0 Å². The maximum absolute atomic E-state index is 10.7. The van der Waals surface area contributed by atoms with Crippen molar-refractivity contribution in [1.29, 1.82) is 0 Å². The van der Waals surface area contributed by atoms with Crippen LogP contribution < -0.4 is 11.1 Å². The van der Waals surface area contributed by atoms with Crippen LogP contribution in [0.5, 0.6) is 0 Å². The summed E-state index contributed by atoms with van der Waals surface area (Å²) in [6.07, 6.45) is 3.82. The molecule has 1 amide bonds. The Bertz CT molecular complexity index is 416. The third-order valence-corrected chi connectivity index (χ3v) is 3.26. The number of hydrogen-bond acceptors (Lipinski definition) is 4. The van der Waals surface area contributed by atoms with Crippen LogP contribution in [-0.2, 0) is 18.3 Å². The Morgan fingerprint density at radius 1 is 1.82 bits per heavy atom. The van der Waals surface area contributed by atoms with Crippen molar-refractivity contribution in [2.45, 2.75) is 31.4 Å². The number of nitrogens with zero attached hydrogens (tertiary/aromatic N) is 2. The molecular formula is C11H18N4O2. The predicted molar refractivity (Wildman–Crippen MR) is 62.1 cm³/mol. The van der Waals surface area contributed by atoms with Gasteiger partial charge in [-0.05, 0) is 19.3 Å². The molecule has 6 nitrogen and oxygen atoms in total. The van der Waals surface area contributed by atoms with Crippen LogP contribution in [0.3, 0.4) is 0 Å². The van der Waals surface area contributed by atoms with Crippen molar-refractivity contribution in [1.82, 2.24) is 15.1 Å². The summed E-state index contributed by atoms with van der Waals surface area (Å²) in [4.78, 5) is 10.7. The summed E-state index contributed by atoms with van der Waals surface area (Å²) in [6, 6.07) is 0.154. The second kappa shape index (κ2) is 4.85. The summed E-state index contributed by atoms with van der Waals surface area (Å²) in [5.74, 6) is -0.695. The highest BCUT2D eigenvalue weighted by Crippen LogP contribution is 2.28. The topological polar surface area (TPSA) is 93.2 Å². The summed E-state index contributed by atoms with van der Waals surface area (Å²) < 4.78 is 1.88. The lowest BCUT2D eigenvalue weighted by Gasteiger charge is -2.24. The summed E-state index contributed by atoms with van der Waals surface area (Å²) in [5.41, 5.74) is 7.39. The molecule has 2 unspecified atom stereocenters. The van der Waals surface area contributed by atoms with E-state index in [9.17, 15) is 9.90 Å². The van der Waals surface area contributed by atoms with Gasteiger partial charge in [0.1, 0.15) is 6.10 Å². The highest BCUT2D eigenvalue weighted by molar-refractivity contribution is 5.78. The number of aliphatic hydroxyl groups is 1. The van der Waals surface area contributed by atoms with Crippen LogP contribution in [0.1, 0.15) is 30.1 Å². The number of nitrogens with two attached hydrogens (primary N) is 1. The van der Waals surface area contributed by atoms with Gasteiger partial charge in [-0.3, -0.25) is 9.48 Å². The summed E-state index contributed by atoms with van der Waals surface area (Å²) in [6.45, 7) is 0.189. The Morgan fingerprint density at radius 3 is 3.29 bits per heavy atom. The highest BCUT2D eigenvalue weighted by atomic mass is 16.3. The highest BCUT2D eigenvalue weighted by Gasteiger charge is 2.24. The number of carbonyl (C=O) groups excluding carboxylic acids is 1. The minimum Gasteiger partial charge on any atom is -0.382 e. The molecule has 0 aromatic carbocycles. The largest absolute Gasteiger partial charge is 0.382 e. The van der Waals surface area contributed by atoms with Gasteiger partial charge >= 0.3 is 0 Å². The fraction of sp³-hybridized carbons (Fsp3) is 0.636. The van der Waals surface area contributed by atoms with Crippen molar-refractivity contribution < 1.29 is 9.90 Å². The van der Waals surface area contributed by atoms with E-state index < -0.39 is 12.0 Å². The molecule has 17 heavy (non-hydrogen) atoms. The van der Waals surface area contributed by atoms with Gasteiger partial charge < -0.3 is 16.2 Å². The maximum Gasteiger partial charge on any atom is 0.247 e. The third-order valence-electron chi connectivity index (χ3n) is 3.26. The third kappa shape index (κ3) is 2.48. The van der Waals surface area contributed by atoms with E-state index in [2.05, 4.69) is 10.4 Å². The first-order chi connectivity index (χ1) is 8.09. The Morgan fingerprint density at radius 2 is 2.59 bits per heavy atom. The molecule has 4 N–H and O–H groups in total. The van der Waals surface area contributed by atoms with E-state index in [4.69, 9.17) is 5.73 Å². The lowest BCUT2D eigenvalue weighted by Crippen LogP contribution is -2.39. The Kier molecular flexibility index (Phi) is 3.44. The first-order valence-electron chi connectivity index (χ1n) is 5.81. The quantitative estimate of drug-likeness (QED) is 0.642. The van der Waals surface area contributed by atoms with Crippen molar-refractivity contribution in [3.05, 3.63) is 17.5 Å². The monoisotopic (exact) mass is 238 g/mol. The first kappa shape index (κ1) is 12.1. The number of aromatic nitrogens is 2. The van der Waals surface area contributed by atoms with Gasteiger partial charge in [0, 0.05) is 30.9 Å². The maximum atomic E-state index is 10.7. The lowest BCUT2D eigenvalue weighted by molar-refractivity contribution is -0.125. The minimum absolute atomic E-state index is 0.154. The molecule has 0 aliphatic heterocycles. The molecule has 6 heteroatoms. The minimum atomic E-state index is -1.13. The number of primary amides is 1. The summed E-state index contributed by atoms with van der Waals surface area (Å²) in [7, 11) is 1.93. The SMILES string of the molecule is Cn1ncc2c1CCCC2NCC(O)C(N)=O. The number of aliphatic hydroxyl groups excluding tert-OH is 1. The van der Waals surface area contributed by atoms with Crippen molar-refractivity contribution in [3.8, 4) is 0 Å². The van der Waals surface area contributed by atoms with Crippen molar-refractivity contribution in [2.75, 3.05) is 6.54 Å². The van der Waals surface area contributed by atoms with E-state index in [0.717, 1.165) is 24.8 Å². The van der Waals surface area contributed by atoms with Crippen LogP contribution in [0.4, 0.5) is 0 Å². The zero-order valence-electron chi connectivity index (χ0n) is 9.89. The number of hydrogen-bond donors (Lipinski definition) is 3. The molecule has 1 aromatic rings. The molecule has 0 saturated heterocycles. The zero-order valence-corrected chi connectivity index (χ0v) is 9.89. The molecule has 0 radical (unpaired) electrons. The zero-order chi connectivity index (χ0) is 12.4. The average molecular weight is 238 g/mol. The van der Waals surface area contributed by atoms with Gasteiger partial charge in [0.2, 0.25) is 5.91 Å². The fourth-order valence-electron chi connectivity index (χ4n) is 2.27. The standard InChI is InChI=1S/C11H18N4O2/c1-15-9-4-2-3-8(7(9)5-14-15)13-6-10(16)11(12)17/h5,8,10,13,16H,2-4,6H2,1H3,(H2,12,17). The molecule has 0 bridgehead atoms. The molecule has 0 spiro atoms. The molecule has 1 aromatic heterocycles. The Hall–Kier alpha value is -1.40. The van der Waals surface area contributed by atoms with Crippen LogP contribution in [0, 0.1) is 0 Å². The predicted octanol–water partition coefficient (Wildman–Crippen LogP) is -0.767. The molecular weight excluding hydrogens is 220 g/mol. The van der Waals surface area contributed by atoms with Crippen LogP contribution in [-0.4, -0.2) is 33.4 Å². The molecule has 94 valence electrons. The van der Waals surface area contributed by atoms with Crippen molar-refractivity contribution >= 4 is 5.91 Å². The number of nitrogens with one attached hydrogen (secondary N) is 1. The molecule has 2 atom stereocenters. The summed E-state index contributed by atoms with van der Waals surface area (Å²) in [5, 5.41) is 16.8. The Labute approximate surface area is 99.8 Å². The van der Waals surface area contributed by atoms with E-state index in [0.29, 0.717) is 0 Å². The van der Waals surface area contributed by atoms with Gasteiger partial charge in [-0.1, -0.05) is 0 Å². The van der Waals surface area contributed by atoms with Gasteiger partial charge in [-0.15, -0.1) is 0 Å². The molecule has 1 aliphatic carbocycles. The fourth-order valence-corrected chi connectivity index (χ4v) is 2.27. The second-order valence-corrected chi connectivity index (χ2v) is 4.44. The normalized spacial score (nSPS) is 20.9. The Balaban J connectivity index is 2.01. The van der Waals surface area contributed by atoms with E-state index in [1.54, 1.807) is 0 Å². The van der Waals surface area contributed by atoms with Crippen LogP contribution in [0.2, 0.25) is 0 Å². The van der Waals surface area contributed by atoms with Crippen molar-refractivity contribution in [3.63, 3.8) is 0 Å². The van der Waals surface area contributed by atoms with Gasteiger partial charge in [-0.25, -0.2) is 0 Å². The van der Waals surface area contributed by atoms with E-state index in [1.165, 1.54) is 5.69 Å². The first-order valence-corrected chi connectivity index (χ1v) is 5.81. The summed E-state index contributed by atoms with van der Waals surface area (Å²) >= 11 is 0. The van der Waals surface area contributed by atoms with E-state index >= 15 is 0 Å². The van der Waals surface area contributed by atoms with Crippen LogP contribution in [0.15, 0.2) is 6.20 Å². The van der Waals surface area contributed by atoms with E-state index in [1.807, 2.05) is 17.9 Å². The molecule has 0 fully saturated rings. The number of carbonyl (C=O) groups is 1. The second-order valence-electron chi connectivity index (χ2n) is 4.44. The number of fused-ring (bicyclic) bond motifs is 1. The lowest BCUT2D eigenvalue weighted by atomic mass is 9.93. The number of amides is 1. The number of aryl methyl sites for hydroxylation is 1. The molecule has 2 rings (SSSR count). The molecule has 1 aliphatic rings. The van der Waals surface area contributed by atoms with Gasteiger partial charge in [0.25, 0.3) is 0 Å². The van der Waals surface area contributed by atoms with E-state index in [-0.39, 0.29) is 12.6 Å². The molecule has 1 heterocycles. The van der Waals surface area contributed by atoms with Crippen molar-refractivity contribution in [2.24, 2.45) is 12.8 Å². The van der Waals surface area contributed by atoms with Gasteiger partial charge in [0.15, 0.2) is 0 Å². The smallest absolute Gasteiger partial charge is 0.247 e. The van der Waals surface area contributed by atoms with Crippen LogP contribution in [0.25, 0.3) is 0 Å².